The first kappa shape index (κ1) is 11.8. The van der Waals surface area contributed by atoms with E-state index in [2.05, 4.69) is 31.9 Å². The van der Waals surface area contributed by atoms with Gasteiger partial charge in [-0.25, -0.2) is 8.42 Å². The van der Waals surface area contributed by atoms with E-state index in [1.165, 1.54) is 22.7 Å². The quantitative estimate of drug-likeness (QED) is 0.774. The highest BCUT2D eigenvalue weighted by Crippen LogP contribution is 2.33. The highest BCUT2D eigenvalue weighted by Gasteiger charge is 2.21. The number of rotatable bonds is 2. The SMILES string of the molecule is O=S(=O)(c1cc(Br)cs1)c1cc(Br)cs1. The van der Waals surface area contributed by atoms with Crippen molar-refractivity contribution in [3.05, 3.63) is 31.8 Å². The molecule has 2 rings (SSSR count). The van der Waals surface area contributed by atoms with Crippen LogP contribution >= 0.6 is 54.5 Å². The third-order valence-electron chi connectivity index (χ3n) is 1.62. The molecular formula is C8H4Br2O2S3. The standard InChI is InChI=1S/C8H4Br2O2S3/c9-5-1-7(13-3-5)15(11,12)8-2-6(10)4-14-8/h1-4H. The van der Waals surface area contributed by atoms with Gasteiger partial charge in [-0.3, -0.25) is 0 Å². The fourth-order valence-electron chi connectivity index (χ4n) is 0.971. The molecule has 0 aromatic carbocycles. The van der Waals surface area contributed by atoms with Gasteiger partial charge in [0.25, 0.3) is 0 Å². The predicted molar refractivity (Wildman–Crippen MR) is 69.5 cm³/mol. The first-order valence-corrected chi connectivity index (χ1v) is 8.56. The molecule has 0 bridgehead atoms. The lowest BCUT2D eigenvalue weighted by molar-refractivity contribution is 0.600. The summed E-state index contributed by atoms with van der Waals surface area (Å²) in [4.78, 5) is 0. The molecule has 15 heavy (non-hydrogen) atoms. The molecule has 0 amide bonds. The zero-order valence-corrected chi connectivity index (χ0v) is 12.7. The second kappa shape index (κ2) is 4.29. The topological polar surface area (TPSA) is 34.1 Å². The second-order valence-corrected chi connectivity index (χ2v) is 8.73. The smallest absolute Gasteiger partial charge is 0.217 e. The highest BCUT2D eigenvalue weighted by molar-refractivity contribution is 9.10. The van der Waals surface area contributed by atoms with E-state index in [9.17, 15) is 8.42 Å². The summed E-state index contributed by atoms with van der Waals surface area (Å²) in [5, 5.41) is 3.52. The minimum Gasteiger partial charge on any atom is -0.217 e. The minimum absolute atomic E-state index is 0.365. The van der Waals surface area contributed by atoms with Crippen LogP contribution in [0.4, 0.5) is 0 Å². The Morgan fingerprint density at radius 3 is 1.60 bits per heavy atom. The van der Waals surface area contributed by atoms with Crippen LogP contribution < -0.4 is 0 Å². The van der Waals surface area contributed by atoms with Gasteiger partial charge in [0.15, 0.2) is 0 Å². The van der Waals surface area contributed by atoms with Crippen molar-refractivity contribution in [3.8, 4) is 0 Å². The van der Waals surface area contributed by atoms with Crippen LogP contribution in [0.1, 0.15) is 0 Å². The fraction of sp³-hybridized carbons (Fsp3) is 0. The molecule has 0 unspecified atom stereocenters. The molecule has 0 spiro atoms. The van der Waals surface area contributed by atoms with Gasteiger partial charge < -0.3 is 0 Å². The van der Waals surface area contributed by atoms with Gasteiger partial charge in [0.2, 0.25) is 9.84 Å². The van der Waals surface area contributed by atoms with Crippen molar-refractivity contribution in [3.63, 3.8) is 0 Å². The van der Waals surface area contributed by atoms with E-state index in [1.54, 1.807) is 22.9 Å². The number of hydrogen-bond donors (Lipinski definition) is 0. The zero-order valence-electron chi connectivity index (χ0n) is 7.11. The van der Waals surface area contributed by atoms with E-state index in [0.717, 1.165) is 8.95 Å². The summed E-state index contributed by atoms with van der Waals surface area (Å²) in [5.41, 5.74) is 0. The maximum Gasteiger partial charge on any atom is 0.225 e. The second-order valence-electron chi connectivity index (χ2n) is 2.67. The van der Waals surface area contributed by atoms with Gasteiger partial charge in [0, 0.05) is 19.7 Å². The lowest BCUT2D eigenvalue weighted by Gasteiger charge is -1.95. The average Bonchev–Trinajstić information content (AvgIpc) is 2.74. The Bertz CT molecular complexity index is 536. The first-order chi connectivity index (χ1) is 7.00. The lowest BCUT2D eigenvalue weighted by atomic mass is 10.7. The van der Waals surface area contributed by atoms with Crippen LogP contribution in [0, 0.1) is 0 Å². The Morgan fingerprint density at radius 1 is 0.933 bits per heavy atom. The highest BCUT2D eigenvalue weighted by atomic mass is 79.9. The molecule has 7 heteroatoms. The van der Waals surface area contributed by atoms with Crippen LogP contribution in [0.5, 0.6) is 0 Å². The Labute approximate surface area is 112 Å². The van der Waals surface area contributed by atoms with E-state index in [4.69, 9.17) is 0 Å². The molecule has 0 fully saturated rings. The van der Waals surface area contributed by atoms with Gasteiger partial charge in [-0.2, -0.15) is 0 Å². The van der Waals surface area contributed by atoms with Crippen LogP contribution in [0.15, 0.2) is 40.3 Å². The molecule has 0 radical (unpaired) electrons. The monoisotopic (exact) mass is 386 g/mol. The summed E-state index contributed by atoms with van der Waals surface area (Å²) in [6, 6.07) is 3.24. The maximum atomic E-state index is 12.0. The molecule has 2 aromatic rings. The fourth-order valence-corrected chi connectivity index (χ4v) is 6.34. The van der Waals surface area contributed by atoms with Crippen LogP contribution in [-0.2, 0) is 9.84 Å². The van der Waals surface area contributed by atoms with Gasteiger partial charge in [-0.1, -0.05) is 0 Å². The van der Waals surface area contributed by atoms with Gasteiger partial charge in [-0.05, 0) is 44.0 Å². The number of halogens is 2. The van der Waals surface area contributed by atoms with Crippen molar-refractivity contribution in [2.24, 2.45) is 0 Å². The molecule has 0 saturated carbocycles. The molecule has 0 aliphatic carbocycles. The summed E-state index contributed by atoms with van der Waals surface area (Å²) in [6.45, 7) is 0. The van der Waals surface area contributed by atoms with E-state index < -0.39 is 9.84 Å². The third kappa shape index (κ3) is 2.36. The number of hydrogen-bond acceptors (Lipinski definition) is 4. The van der Waals surface area contributed by atoms with Crippen LogP contribution in [-0.4, -0.2) is 8.42 Å². The largest absolute Gasteiger partial charge is 0.225 e. The molecule has 0 aliphatic heterocycles. The first-order valence-electron chi connectivity index (χ1n) is 3.73. The number of sulfone groups is 1. The van der Waals surface area contributed by atoms with Crippen molar-refractivity contribution in [1.82, 2.24) is 0 Å². The normalized spacial score (nSPS) is 11.9. The van der Waals surface area contributed by atoms with Crippen LogP contribution in [0.3, 0.4) is 0 Å². The average molecular weight is 388 g/mol. The molecule has 2 aromatic heterocycles. The van der Waals surface area contributed by atoms with Crippen molar-refractivity contribution < 1.29 is 8.42 Å². The van der Waals surface area contributed by atoms with E-state index in [1.807, 2.05) is 0 Å². The van der Waals surface area contributed by atoms with Gasteiger partial charge in [-0.15, -0.1) is 22.7 Å². The molecule has 0 atom stereocenters. The number of thiophene rings is 2. The minimum atomic E-state index is -3.32. The molecule has 80 valence electrons. The molecule has 2 heterocycles. The summed E-state index contributed by atoms with van der Waals surface area (Å²) < 4.78 is 26.4. The Kier molecular flexibility index (Phi) is 3.37. The zero-order chi connectivity index (χ0) is 11.1. The van der Waals surface area contributed by atoms with Gasteiger partial charge in [0.1, 0.15) is 8.42 Å². The predicted octanol–water partition coefficient (Wildman–Crippen LogP) is 4.17. The van der Waals surface area contributed by atoms with Gasteiger partial charge in [0.05, 0.1) is 0 Å². The van der Waals surface area contributed by atoms with E-state index >= 15 is 0 Å². The van der Waals surface area contributed by atoms with Gasteiger partial charge >= 0.3 is 0 Å². The van der Waals surface area contributed by atoms with Crippen LogP contribution in [0.2, 0.25) is 0 Å². The molecule has 2 nitrogen and oxygen atoms in total. The van der Waals surface area contributed by atoms with Crippen molar-refractivity contribution in [2.75, 3.05) is 0 Å². The van der Waals surface area contributed by atoms with Crippen molar-refractivity contribution in [2.45, 2.75) is 8.42 Å². The Morgan fingerprint density at radius 2 is 1.33 bits per heavy atom. The Balaban J connectivity index is 2.53. The van der Waals surface area contributed by atoms with E-state index in [-0.39, 0.29) is 0 Å². The lowest BCUT2D eigenvalue weighted by Crippen LogP contribution is -1.95. The van der Waals surface area contributed by atoms with Crippen molar-refractivity contribution in [1.29, 1.82) is 0 Å². The van der Waals surface area contributed by atoms with Crippen molar-refractivity contribution >= 4 is 64.4 Å². The Hall–Kier alpha value is 0.310. The molecule has 0 N–H and O–H groups in total. The summed E-state index contributed by atoms with van der Waals surface area (Å²) in [6.07, 6.45) is 0. The summed E-state index contributed by atoms with van der Waals surface area (Å²) >= 11 is 8.92. The van der Waals surface area contributed by atoms with E-state index in [0.29, 0.717) is 8.42 Å². The third-order valence-corrected chi connectivity index (χ3v) is 7.77. The molecule has 0 aliphatic rings. The maximum absolute atomic E-state index is 12.0. The summed E-state index contributed by atoms with van der Waals surface area (Å²) in [7, 11) is -3.32. The van der Waals surface area contributed by atoms with Crippen LogP contribution in [0.25, 0.3) is 0 Å². The summed E-state index contributed by atoms with van der Waals surface area (Å²) in [5.74, 6) is 0. The molecule has 0 saturated heterocycles. The molecular weight excluding hydrogens is 384 g/mol.